The molecule has 1 heterocycles. The largest absolute Gasteiger partial charge is 0.375 e. The molecule has 102 valence electrons. The van der Waals surface area contributed by atoms with E-state index < -0.39 is 0 Å². The summed E-state index contributed by atoms with van der Waals surface area (Å²) in [6.07, 6.45) is 0. The highest BCUT2D eigenvalue weighted by atomic mass is 35.5. The van der Waals surface area contributed by atoms with Gasteiger partial charge < -0.3 is 9.88 Å². The van der Waals surface area contributed by atoms with Gasteiger partial charge in [-0.25, -0.2) is 4.98 Å². The molecule has 0 amide bonds. The molecule has 0 aliphatic rings. The Labute approximate surface area is 123 Å². The molecule has 0 spiro atoms. The molecule has 3 nitrogen and oxygen atoms in total. The topological polar surface area (TPSA) is 29.9 Å². The first-order valence-electron chi connectivity index (χ1n) is 6.58. The van der Waals surface area contributed by atoms with Gasteiger partial charge in [0.05, 0.1) is 17.1 Å². The van der Waals surface area contributed by atoms with E-state index in [0.717, 1.165) is 27.6 Å². The highest BCUT2D eigenvalue weighted by Crippen LogP contribution is 2.23. The number of hydrogen-bond acceptors (Lipinski definition) is 2. The van der Waals surface area contributed by atoms with Gasteiger partial charge in [-0.3, -0.25) is 0 Å². The molecular weight excluding hydrogens is 270 g/mol. The summed E-state index contributed by atoms with van der Waals surface area (Å²) in [6.45, 7) is 2.11. The number of nitrogens with zero attached hydrogens (tertiary/aromatic N) is 2. The second-order valence-electron chi connectivity index (χ2n) is 4.89. The van der Waals surface area contributed by atoms with E-state index in [1.54, 1.807) is 0 Å². The van der Waals surface area contributed by atoms with Crippen molar-refractivity contribution in [2.75, 3.05) is 5.32 Å². The standard InChI is InChI=1S/C16H16ClN3/c1-11(18-13-9-7-12(17)8-10-13)16-19-14-5-3-4-6-15(14)20(16)2/h3-11,18H,1-2H3. The highest BCUT2D eigenvalue weighted by molar-refractivity contribution is 6.30. The van der Waals surface area contributed by atoms with Crippen LogP contribution in [0.25, 0.3) is 11.0 Å². The number of nitrogens with one attached hydrogen (secondary N) is 1. The van der Waals surface area contributed by atoms with Crippen LogP contribution in [0.3, 0.4) is 0 Å². The van der Waals surface area contributed by atoms with Gasteiger partial charge >= 0.3 is 0 Å². The van der Waals surface area contributed by atoms with Crippen LogP contribution in [0.2, 0.25) is 5.02 Å². The monoisotopic (exact) mass is 285 g/mol. The van der Waals surface area contributed by atoms with E-state index in [1.807, 2.05) is 49.5 Å². The van der Waals surface area contributed by atoms with Crippen LogP contribution in [0.1, 0.15) is 18.8 Å². The SMILES string of the molecule is CC(Nc1ccc(Cl)cc1)c1nc2ccccc2n1C. The van der Waals surface area contributed by atoms with E-state index in [9.17, 15) is 0 Å². The van der Waals surface area contributed by atoms with Crippen molar-refractivity contribution in [3.8, 4) is 0 Å². The minimum absolute atomic E-state index is 0.119. The third-order valence-electron chi connectivity index (χ3n) is 3.44. The number of fused-ring (bicyclic) bond motifs is 1. The van der Waals surface area contributed by atoms with Gasteiger partial charge in [0.25, 0.3) is 0 Å². The number of anilines is 1. The van der Waals surface area contributed by atoms with Crippen molar-refractivity contribution >= 4 is 28.3 Å². The zero-order valence-corrected chi connectivity index (χ0v) is 12.2. The summed E-state index contributed by atoms with van der Waals surface area (Å²) >= 11 is 5.90. The molecule has 0 fully saturated rings. The van der Waals surface area contributed by atoms with Gasteiger partial charge in [-0.2, -0.15) is 0 Å². The minimum Gasteiger partial charge on any atom is -0.375 e. The quantitative estimate of drug-likeness (QED) is 0.773. The van der Waals surface area contributed by atoms with Crippen LogP contribution in [0.4, 0.5) is 5.69 Å². The summed E-state index contributed by atoms with van der Waals surface area (Å²) in [7, 11) is 2.05. The lowest BCUT2D eigenvalue weighted by Crippen LogP contribution is -2.11. The molecule has 1 atom stereocenters. The molecule has 3 rings (SSSR count). The zero-order valence-electron chi connectivity index (χ0n) is 11.5. The van der Waals surface area contributed by atoms with E-state index >= 15 is 0 Å². The molecular formula is C16H16ClN3. The lowest BCUT2D eigenvalue weighted by molar-refractivity contribution is 0.734. The van der Waals surface area contributed by atoms with Crippen LogP contribution >= 0.6 is 11.6 Å². The number of aryl methyl sites for hydroxylation is 1. The maximum Gasteiger partial charge on any atom is 0.131 e. The van der Waals surface area contributed by atoms with E-state index in [0.29, 0.717) is 0 Å². The molecule has 0 aliphatic heterocycles. The number of hydrogen-bond donors (Lipinski definition) is 1. The molecule has 0 saturated heterocycles. The van der Waals surface area contributed by atoms with Gasteiger partial charge in [-0.1, -0.05) is 23.7 Å². The Kier molecular flexibility index (Phi) is 3.36. The molecule has 0 bridgehead atoms. The van der Waals surface area contributed by atoms with E-state index in [1.165, 1.54) is 0 Å². The Bertz CT molecular complexity index is 731. The average Bonchev–Trinajstić information content (AvgIpc) is 2.79. The third-order valence-corrected chi connectivity index (χ3v) is 3.69. The fraction of sp³-hybridized carbons (Fsp3) is 0.188. The highest BCUT2D eigenvalue weighted by Gasteiger charge is 2.13. The number of rotatable bonds is 3. The summed E-state index contributed by atoms with van der Waals surface area (Å²) in [5.74, 6) is 1.01. The Balaban J connectivity index is 1.90. The van der Waals surface area contributed by atoms with Crippen molar-refractivity contribution in [1.29, 1.82) is 0 Å². The first-order chi connectivity index (χ1) is 9.65. The first-order valence-corrected chi connectivity index (χ1v) is 6.96. The molecule has 4 heteroatoms. The molecule has 1 N–H and O–H groups in total. The van der Waals surface area contributed by atoms with Crippen molar-refractivity contribution in [3.05, 3.63) is 59.4 Å². The van der Waals surface area contributed by atoms with Gasteiger partial charge in [-0.05, 0) is 43.3 Å². The van der Waals surface area contributed by atoms with Crippen molar-refractivity contribution in [1.82, 2.24) is 9.55 Å². The van der Waals surface area contributed by atoms with Gasteiger partial charge in [0, 0.05) is 17.8 Å². The van der Waals surface area contributed by atoms with E-state index in [-0.39, 0.29) is 6.04 Å². The molecule has 0 aliphatic carbocycles. The fourth-order valence-electron chi connectivity index (χ4n) is 2.41. The molecule has 1 aromatic heterocycles. The number of para-hydroxylation sites is 2. The molecule has 3 aromatic rings. The lowest BCUT2D eigenvalue weighted by Gasteiger charge is -2.15. The Morgan fingerprint density at radius 3 is 2.50 bits per heavy atom. The van der Waals surface area contributed by atoms with Crippen LogP contribution in [0, 0.1) is 0 Å². The molecule has 0 saturated carbocycles. The summed E-state index contributed by atoms with van der Waals surface area (Å²) in [6, 6.07) is 16.0. The van der Waals surface area contributed by atoms with Crippen LogP contribution in [0.15, 0.2) is 48.5 Å². The molecule has 2 aromatic carbocycles. The normalized spacial score (nSPS) is 12.6. The smallest absolute Gasteiger partial charge is 0.131 e. The summed E-state index contributed by atoms with van der Waals surface area (Å²) in [5.41, 5.74) is 3.20. The summed E-state index contributed by atoms with van der Waals surface area (Å²) in [4.78, 5) is 4.70. The Morgan fingerprint density at radius 2 is 1.80 bits per heavy atom. The summed E-state index contributed by atoms with van der Waals surface area (Å²) in [5, 5.41) is 4.19. The fourth-order valence-corrected chi connectivity index (χ4v) is 2.54. The van der Waals surface area contributed by atoms with Crippen LogP contribution in [0.5, 0.6) is 0 Å². The molecule has 1 unspecified atom stereocenters. The van der Waals surface area contributed by atoms with Crippen LogP contribution in [-0.2, 0) is 7.05 Å². The van der Waals surface area contributed by atoms with E-state index in [2.05, 4.69) is 22.9 Å². The predicted molar refractivity (Wildman–Crippen MR) is 84.2 cm³/mol. The Morgan fingerprint density at radius 1 is 1.10 bits per heavy atom. The number of aromatic nitrogens is 2. The lowest BCUT2D eigenvalue weighted by atomic mass is 10.2. The zero-order chi connectivity index (χ0) is 14.1. The third kappa shape index (κ3) is 2.37. The van der Waals surface area contributed by atoms with Gasteiger partial charge in [0.1, 0.15) is 5.82 Å². The van der Waals surface area contributed by atoms with E-state index in [4.69, 9.17) is 16.6 Å². The van der Waals surface area contributed by atoms with Crippen molar-refractivity contribution < 1.29 is 0 Å². The molecule has 0 radical (unpaired) electrons. The second kappa shape index (κ2) is 5.17. The van der Waals surface area contributed by atoms with Crippen LogP contribution in [-0.4, -0.2) is 9.55 Å². The maximum atomic E-state index is 5.90. The van der Waals surface area contributed by atoms with Crippen molar-refractivity contribution in [3.63, 3.8) is 0 Å². The van der Waals surface area contributed by atoms with Crippen molar-refractivity contribution in [2.45, 2.75) is 13.0 Å². The van der Waals surface area contributed by atoms with Gasteiger partial charge in [-0.15, -0.1) is 0 Å². The maximum absolute atomic E-state index is 5.90. The minimum atomic E-state index is 0.119. The first kappa shape index (κ1) is 13.0. The van der Waals surface area contributed by atoms with Gasteiger partial charge in [0.2, 0.25) is 0 Å². The predicted octanol–water partition coefficient (Wildman–Crippen LogP) is 4.40. The Hall–Kier alpha value is -2.00. The van der Waals surface area contributed by atoms with Crippen LogP contribution < -0.4 is 5.32 Å². The summed E-state index contributed by atoms with van der Waals surface area (Å²) < 4.78 is 2.13. The van der Waals surface area contributed by atoms with Gasteiger partial charge in [0.15, 0.2) is 0 Å². The van der Waals surface area contributed by atoms with Crippen molar-refractivity contribution in [2.24, 2.45) is 7.05 Å². The number of halogens is 1. The number of imidazole rings is 1. The second-order valence-corrected chi connectivity index (χ2v) is 5.33. The average molecular weight is 286 g/mol. The molecule has 20 heavy (non-hydrogen) atoms. The number of benzene rings is 2.